The van der Waals surface area contributed by atoms with Gasteiger partial charge in [-0.2, -0.15) is 12.7 Å². The van der Waals surface area contributed by atoms with Gasteiger partial charge in [0, 0.05) is 44.8 Å². The highest BCUT2D eigenvalue weighted by Crippen LogP contribution is 2.18. The molecule has 0 atom stereocenters. The monoisotopic (exact) mass is 334 g/mol. The van der Waals surface area contributed by atoms with Crippen LogP contribution in [0.3, 0.4) is 0 Å². The molecule has 0 bridgehead atoms. The number of pyridine rings is 1. The van der Waals surface area contributed by atoms with Gasteiger partial charge in [0.25, 0.3) is 16.1 Å². The quantitative estimate of drug-likeness (QED) is 0.884. The van der Waals surface area contributed by atoms with Crippen LogP contribution in [0.25, 0.3) is 10.8 Å². The van der Waals surface area contributed by atoms with Crippen LogP contribution in [0.5, 0.6) is 0 Å². The molecule has 1 aromatic heterocycles. The van der Waals surface area contributed by atoms with Gasteiger partial charge in [-0.1, -0.05) is 24.3 Å². The average molecular weight is 334 g/mol. The molecule has 1 saturated heterocycles. The van der Waals surface area contributed by atoms with Crippen LogP contribution in [0.15, 0.2) is 36.5 Å². The van der Waals surface area contributed by atoms with Crippen molar-refractivity contribution >= 4 is 26.9 Å². The highest BCUT2D eigenvalue weighted by atomic mass is 32.2. The van der Waals surface area contributed by atoms with Crippen molar-refractivity contribution < 1.29 is 13.2 Å². The van der Waals surface area contributed by atoms with E-state index < -0.39 is 10.2 Å². The number of nitrogens with zero attached hydrogens (tertiary/aromatic N) is 3. The first-order chi connectivity index (χ1) is 11.0. The van der Waals surface area contributed by atoms with Gasteiger partial charge in [-0.05, 0) is 11.5 Å². The minimum absolute atomic E-state index is 0.164. The van der Waals surface area contributed by atoms with Crippen LogP contribution in [0.4, 0.5) is 0 Å². The zero-order chi connectivity index (χ0) is 16.4. The lowest BCUT2D eigenvalue weighted by Crippen LogP contribution is -2.52. The largest absolute Gasteiger partial charge is 0.335 e. The third-order valence-electron chi connectivity index (χ3n) is 4.00. The van der Waals surface area contributed by atoms with E-state index in [0.717, 1.165) is 10.8 Å². The van der Waals surface area contributed by atoms with Crippen molar-refractivity contribution in [1.82, 2.24) is 18.9 Å². The molecule has 2 aromatic rings. The molecule has 1 amide bonds. The molecule has 8 heteroatoms. The molecule has 0 saturated carbocycles. The van der Waals surface area contributed by atoms with Crippen LogP contribution < -0.4 is 4.72 Å². The number of hydrogen-bond donors (Lipinski definition) is 1. The summed E-state index contributed by atoms with van der Waals surface area (Å²) in [5.74, 6) is -0.164. The summed E-state index contributed by atoms with van der Waals surface area (Å²) in [5.41, 5.74) is 0.410. The Hall–Kier alpha value is -2.03. The molecule has 1 aromatic carbocycles. The summed E-state index contributed by atoms with van der Waals surface area (Å²) >= 11 is 0. The SMILES string of the molecule is CNS(=O)(=O)N1CCN(C(=O)c2nccc3ccccc23)CC1. The van der Waals surface area contributed by atoms with Crippen molar-refractivity contribution in [2.24, 2.45) is 0 Å². The molecule has 23 heavy (non-hydrogen) atoms. The van der Waals surface area contributed by atoms with Crippen LogP contribution in [0.2, 0.25) is 0 Å². The zero-order valence-corrected chi connectivity index (χ0v) is 13.6. The topological polar surface area (TPSA) is 82.6 Å². The van der Waals surface area contributed by atoms with E-state index >= 15 is 0 Å². The molecule has 1 fully saturated rings. The number of nitrogens with one attached hydrogen (secondary N) is 1. The van der Waals surface area contributed by atoms with Gasteiger partial charge in [0.1, 0.15) is 5.69 Å². The molecule has 7 nitrogen and oxygen atoms in total. The lowest BCUT2D eigenvalue weighted by Gasteiger charge is -2.33. The molecule has 2 heterocycles. The van der Waals surface area contributed by atoms with Crippen LogP contribution in [-0.4, -0.2) is 61.7 Å². The number of piperazine rings is 1. The second kappa shape index (κ2) is 6.23. The predicted octanol–water partition coefficient (Wildman–Crippen LogP) is 0.457. The Labute approximate surface area is 135 Å². The van der Waals surface area contributed by atoms with Gasteiger partial charge < -0.3 is 4.90 Å². The number of rotatable bonds is 3. The highest BCUT2D eigenvalue weighted by Gasteiger charge is 2.29. The van der Waals surface area contributed by atoms with Crippen molar-refractivity contribution in [3.8, 4) is 0 Å². The van der Waals surface area contributed by atoms with E-state index in [2.05, 4.69) is 9.71 Å². The molecular weight excluding hydrogens is 316 g/mol. The zero-order valence-electron chi connectivity index (χ0n) is 12.8. The van der Waals surface area contributed by atoms with Gasteiger partial charge >= 0.3 is 0 Å². The van der Waals surface area contributed by atoms with Crippen molar-refractivity contribution in [3.63, 3.8) is 0 Å². The average Bonchev–Trinajstić information content (AvgIpc) is 2.60. The first-order valence-corrected chi connectivity index (χ1v) is 8.78. The summed E-state index contributed by atoms with van der Waals surface area (Å²) in [6.45, 7) is 1.26. The Morgan fingerprint density at radius 3 is 2.52 bits per heavy atom. The first kappa shape index (κ1) is 15.9. The van der Waals surface area contributed by atoms with E-state index in [1.54, 1.807) is 11.1 Å². The number of hydrogen-bond acceptors (Lipinski definition) is 4. The highest BCUT2D eigenvalue weighted by molar-refractivity contribution is 7.87. The fourth-order valence-electron chi connectivity index (χ4n) is 2.70. The molecule has 0 aliphatic carbocycles. The second-order valence-electron chi connectivity index (χ2n) is 5.28. The number of carbonyl (C=O) groups excluding carboxylic acids is 1. The van der Waals surface area contributed by atoms with Crippen molar-refractivity contribution in [2.45, 2.75) is 0 Å². The normalized spacial score (nSPS) is 16.7. The number of aromatic nitrogens is 1. The first-order valence-electron chi connectivity index (χ1n) is 7.34. The Bertz CT molecular complexity index is 824. The van der Waals surface area contributed by atoms with Crippen LogP contribution in [0, 0.1) is 0 Å². The third kappa shape index (κ3) is 3.05. The van der Waals surface area contributed by atoms with Crippen LogP contribution in [0.1, 0.15) is 10.5 Å². The molecule has 1 aliphatic heterocycles. The van der Waals surface area contributed by atoms with E-state index in [-0.39, 0.29) is 19.0 Å². The Morgan fingerprint density at radius 2 is 1.83 bits per heavy atom. The maximum Gasteiger partial charge on any atom is 0.279 e. The lowest BCUT2D eigenvalue weighted by atomic mass is 10.1. The van der Waals surface area contributed by atoms with Crippen LogP contribution >= 0.6 is 0 Å². The predicted molar refractivity (Wildman–Crippen MR) is 87.2 cm³/mol. The maximum atomic E-state index is 12.7. The standard InChI is InChI=1S/C15H18N4O3S/c1-16-23(21,22)19-10-8-18(9-11-19)15(20)14-13-5-3-2-4-12(13)6-7-17-14/h2-7,16H,8-11H2,1H3. The lowest BCUT2D eigenvalue weighted by molar-refractivity contribution is 0.0693. The van der Waals surface area contributed by atoms with E-state index in [9.17, 15) is 13.2 Å². The van der Waals surface area contributed by atoms with Crippen molar-refractivity contribution in [2.75, 3.05) is 33.2 Å². The van der Waals surface area contributed by atoms with Crippen molar-refractivity contribution in [1.29, 1.82) is 0 Å². The number of carbonyl (C=O) groups is 1. The Morgan fingerprint density at radius 1 is 1.13 bits per heavy atom. The molecular formula is C15H18N4O3S. The van der Waals surface area contributed by atoms with Gasteiger partial charge in [-0.15, -0.1) is 0 Å². The van der Waals surface area contributed by atoms with Gasteiger partial charge in [0.2, 0.25) is 0 Å². The fraction of sp³-hybridized carbons (Fsp3) is 0.333. The molecule has 122 valence electrons. The number of amides is 1. The Kier molecular flexibility index (Phi) is 4.29. The van der Waals surface area contributed by atoms with Crippen molar-refractivity contribution in [3.05, 3.63) is 42.2 Å². The molecule has 0 radical (unpaired) electrons. The van der Waals surface area contributed by atoms with E-state index in [0.29, 0.717) is 18.8 Å². The fourth-order valence-corrected chi connectivity index (χ4v) is 3.60. The summed E-state index contributed by atoms with van der Waals surface area (Å²) < 4.78 is 27.2. The van der Waals surface area contributed by atoms with Gasteiger partial charge in [-0.25, -0.2) is 4.72 Å². The molecule has 1 N–H and O–H groups in total. The van der Waals surface area contributed by atoms with Crippen LogP contribution in [-0.2, 0) is 10.2 Å². The summed E-state index contributed by atoms with van der Waals surface area (Å²) in [4.78, 5) is 18.6. The summed E-state index contributed by atoms with van der Waals surface area (Å²) in [6.07, 6.45) is 1.62. The second-order valence-corrected chi connectivity index (χ2v) is 7.16. The van der Waals surface area contributed by atoms with E-state index in [1.165, 1.54) is 11.4 Å². The Balaban J connectivity index is 1.80. The summed E-state index contributed by atoms with van der Waals surface area (Å²) in [6, 6.07) is 9.46. The molecule has 0 unspecified atom stereocenters. The van der Waals surface area contributed by atoms with E-state index in [1.807, 2.05) is 30.3 Å². The minimum atomic E-state index is -3.44. The molecule has 3 rings (SSSR count). The molecule has 0 spiro atoms. The smallest absolute Gasteiger partial charge is 0.279 e. The van der Waals surface area contributed by atoms with Gasteiger partial charge in [0.05, 0.1) is 0 Å². The number of benzene rings is 1. The molecule has 1 aliphatic rings. The maximum absolute atomic E-state index is 12.7. The number of fused-ring (bicyclic) bond motifs is 1. The van der Waals surface area contributed by atoms with Gasteiger partial charge in [-0.3, -0.25) is 9.78 Å². The third-order valence-corrected chi connectivity index (χ3v) is 5.56. The summed E-state index contributed by atoms with van der Waals surface area (Å²) in [7, 11) is -2.06. The van der Waals surface area contributed by atoms with E-state index in [4.69, 9.17) is 0 Å². The minimum Gasteiger partial charge on any atom is -0.335 e. The summed E-state index contributed by atoms with van der Waals surface area (Å²) in [5, 5.41) is 1.77. The van der Waals surface area contributed by atoms with Gasteiger partial charge in [0.15, 0.2) is 0 Å².